The number of carbonyl (C=O) groups excluding carboxylic acids is 1. The number of nitrogens with zero attached hydrogens (tertiary/aromatic N) is 1. The number of methoxy groups -OCH3 is 1. The van der Waals surface area contributed by atoms with E-state index in [1.165, 1.54) is 11.4 Å². The molecule has 1 heterocycles. The van der Waals surface area contributed by atoms with Crippen LogP contribution < -0.4 is 0 Å². The minimum absolute atomic E-state index is 0.0703. The van der Waals surface area contributed by atoms with E-state index in [2.05, 4.69) is 4.74 Å². The smallest absolute Gasteiger partial charge is 0.305 e. The minimum atomic E-state index is -3.36. The lowest BCUT2D eigenvalue weighted by Gasteiger charge is -2.16. The highest BCUT2D eigenvalue weighted by Gasteiger charge is 2.31. The standard InChI is InChI=1S/C12H21NO6S/c1-19-12(16)3-2-8-20(17,18)13-7-6-10(9-13)4-5-11(14)15/h10H,2-9H2,1H3,(H,14,15). The van der Waals surface area contributed by atoms with Gasteiger partial charge in [0.1, 0.15) is 0 Å². The number of aliphatic carboxylic acids is 1. The molecule has 0 bridgehead atoms. The SMILES string of the molecule is COC(=O)CCCS(=O)(=O)N1CCC(CCC(=O)O)C1. The first-order chi connectivity index (χ1) is 9.35. The van der Waals surface area contributed by atoms with E-state index < -0.39 is 22.0 Å². The van der Waals surface area contributed by atoms with E-state index in [4.69, 9.17) is 5.11 Å². The summed E-state index contributed by atoms with van der Waals surface area (Å²) in [6.07, 6.45) is 1.60. The molecule has 0 spiro atoms. The van der Waals surface area contributed by atoms with E-state index in [0.717, 1.165) is 0 Å². The first-order valence-electron chi connectivity index (χ1n) is 6.61. The predicted octanol–water partition coefficient (Wildman–Crippen LogP) is 0.456. The van der Waals surface area contributed by atoms with Gasteiger partial charge in [-0.2, -0.15) is 0 Å². The van der Waals surface area contributed by atoms with E-state index >= 15 is 0 Å². The third-order valence-electron chi connectivity index (χ3n) is 3.42. The van der Waals surface area contributed by atoms with Gasteiger partial charge in [0.05, 0.1) is 12.9 Å². The van der Waals surface area contributed by atoms with Crippen LogP contribution in [0.3, 0.4) is 0 Å². The van der Waals surface area contributed by atoms with Gasteiger partial charge < -0.3 is 9.84 Å². The summed E-state index contributed by atoms with van der Waals surface area (Å²) in [6, 6.07) is 0. The van der Waals surface area contributed by atoms with Crippen molar-refractivity contribution in [3.05, 3.63) is 0 Å². The highest BCUT2D eigenvalue weighted by molar-refractivity contribution is 7.89. The number of sulfonamides is 1. The molecule has 116 valence electrons. The molecule has 1 aliphatic rings. The first kappa shape index (κ1) is 16.9. The summed E-state index contributed by atoms with van der Waals surface area (Å²) in [4.78, 5) is 21.4. The Kier molecular flexibility index (Phi) is 6.41. The fourth-order valence-corrected chi connectivity index (χ4v) is 3.83. The zero-order valence-electron chi connectivity index (χ0n) is 11.6. The zero-order valence-corrected chi connectivity index (χ0v) is 12.4. The molecular weight excluding hydrogens is 286 g/mol. The lowest BCUT2D eigenvalue weighted by molar-refractivity contribution is -0.140. The summed E-state index contributed by atoms with van der Waals surface area (Å²) in [5, 5.41) is 8.62. The fraction of sp³-hybridized carbons (Fsp3) is 0.833. The van der Waals surface area contributed by atoms with E-state index in [1.807, 2.05) is 0 Å². The maximum atomic E-state index is 12.0. The van der Waals surface area contributed by atoms with Crippen LogP contribution in [0.5, 0.6) is 0 Å². The van der Waals surface area contributed by atoms with Crippen molar-refractivity contribution in [2.24, 2.45) is 5.92 Å². The fourth-order valence-electron chi connectivity index (χ4n) is 2.24. The Balaban J connectivity index is 2.37. The second kappa shape index (κ2) is 7.58. The molecule has 0 radical (unpaired) electrons. The molecule has 20 heavy (non-hydrogen) atoms. The van der Waals surface area contributed by atoms with Crippen LogP contribution >= 0.6 is 0 Å². The number of rotatable bonds is 8. The first-order valence-corrected chi connectivity index (χ1v) is 8.22. The Hall–Kier alpha value is -1.15. The molecule has 0 aromatic carbocycles. The Morgan fingerprint density at radius 3 is 2.65 bits per heavy atom. The van der Waals surface area contributed by atoms with Crippen molar-refractivity contribution in [1.82, 2.24) is 4.31 Å². The van der Waals surface area contributed by atoms with Crippen LogP contribution in [0.4, 0.5) is 0 Å². The molecule has 0 saturated carbocycles. The van der Waals surface area contributed by atoms with Crippen LogP contribution in [0, 0.1) is 5.92 Å². The molecule has 1 saturated heterocycles. The van der Waals surface area contributed by atoms with Crippen molar-refractivity contribution < 1.29 is 27.9 Å². The number of carboxylic acid groups (broad SMARTS) is 1. The Labute approximate surface area is 118 Å². The monoisotopic (exact) mass is 307 g/mol. The Morgan fingerprint density at radius 1 is 1.35 bits per heavy atom. The summed E-state index contributed by atoms with van der Waals surface area (Å²) in [6.45, 7) is 0.818. The van der Waals surface area contributed by atoms with E-state index in [0.29, 0.717) is 25.9 Å². The number of ether oxygens (including phenoxy) is 1. The Morgan fingerprint density at radius 2 is 2.05 bits per heavy atom. The highest BCUT2D eigenvalue weighted by atomic mass is 32.2. The van der Waals surface area contributed by atoms with Gasteiger partial charge >= 0.3 is 11.9 Å². The van der Waals surface area contributed by atoms with Crippen molar-refractivity contribution in [3.8, 4) is 0 Å². The van der Waals surface area contributed by atoms with Gasteiger partial charge in [-0.15, -0.1) is 0 Å². The second-order valence-corrected chi connectivity index (χ2v) is 7.03. The molecule has 1 aliphatic heterocycles. The Bertz CT molecular complexity index is 447. The number of carboxylic acids is 1. The molecule has 0 amide bonds. The number of esters is 1. The average Bonchev–Trinajstić information content (AvgIpc) is 2.85. The molecule has 0 aliphatic carbocycles. The van der Waals surface area contributed by atoms with Crippen molar-refractivity contribution >= 4 is 22.0 Å². The molecule has 1 atom stereocenters. The summed E-state index contributed by atoms with van der Waals surface area (Å²) < 4.78 is 29.9. The summed E-state index contributed by atoms with van der Waals surface area (Å²) >= 11 is 0. The van der Waals surface area contributed by atoms with Crippen molar-refractivity contribution in [3.63, 3.8) is 0 Å². The molecule has 1 unspecified atom stereocenters. The van der Waals surface area contributed by atoms with E-state index in [-0.39, 0.29) is 30.9 Å². The topological polar surface area (TPSA) is 101 Å². The number of hydrogen-bond donors (Lipinski definition) is 1. The van der Waals surface area contributed by atoms with Gasteiger partial charge in [0.25, 0.3) is 0 Å². The quantitative estimate of drug-likeness (QED) is 0.654. The maximum Gasteiger partial charge on any atom is 0.305 e. The summed E-state index contributed by atoms with van der Waals surface area (Å²) in [5.41, 5.74) is 0. The molecular formula is C12H21NO6S. The van der Waals surface area contributed by atoms with E-state index in [9.17, 15) is 18.0 Å². The van der Waals surface area contributed by atoms with Gasteiger partial charge in [0.15, 0.2) is 0 Å². The van der Waals surface area contributed by atoms with Gasteiger partial charge in [-0.1, -0.05) is 0 Å². The van der Waals surface area contributed by atoms with Crippen LogP contribution in [0.1, 0.15) is 32.1 Å². The lowest BCUT2D eigenvalue weighted by Crippen LogP contribution is -2.31. The number of hydrogen-bond acceptors (Lipinski definition) is 5. The normalized spacial score (nSPS) is 19.9. The average molecular weight is 307 g/mol. The summed E-state index contributed by atoms with van der Waals surface area (Å²) in [7, 11) is -2.09. The van der Waals surface area contributed by atoms with Crippen molar-refractivity contribution in [1.29, 1.82) is 0 Å². The third kappa shape index (κ3) is 5.46. The van der Waals surface area contributed by atoms with Gasteiger partial charge in [-0.25, -0.2) is 12.7 Å². The zero-order chi connectivity index (χ0) is 15.2. The molecule has 7 nitrogen and oxygen atoms in total. The highest BCUT2D eigenvalue weighted by Crippen LogP contribution is 2.24. The maximum absolute atomic E-state index is 12.0. The van der Waals surface area contributed by atoms with Crippen LogP contribution in [-0.2, 0) is 24.3 Å². The third-order valence-corrected chi connectivity index (χ3v) is 5.34. The van der Waals surface area contributed by atoms with E-state index in [1.54, 1.807) is 0 Å². The minimum Gasteiger partial charge on any atom is -0.481 e. The molecule has 0 aromatic rings. The molecule has 0 aromatic heterocycles. The second-order valence-electron chi connectivity index (χ2n) is 4.94. The largest absolute Gasteiger partial charge is 0.481 e. The van der Waals surface area contributed by atoms with Crippen LogP contribution in [0.2, 0.25) is 0 Å². The van der Waals surface area contributed by atoms with Gasteiger partial charge in [-0.3, -0.25) is 9.59 Å². The van der Waals surface area contributed by atoms with Crippen LogP contribution in [0.15, 0.2) is 0 Å². The van der Waals surface area contributed by atoms with Gasteiger partial charge in [0.2, 0.25) is 10.0 Å². The van der Waals surface area contributed by atoms with Crippen molar-refractivity contribution in [2.75, 3.05) is 26.0 Å². The lowest BCUT2D eigenvalue weighted by atomic mass is 10.0. The molecule has 1 rings (SSSR count). The van der Waals surface area contributed by atoms with Crippen LogP contribution in [-0.4, -0.2) is 55.7 Å². The summed E-state index contributed by atoms with van der Waals surface area (Å²) in [5.74, 6) is -1.24. The molecule has 1 fully saturated rings. The van der Waals surface area contributed by atoms with Crippen molar-refractivity contribution in [2.45, 2.75) is 32.1 Å². The molecule has 8 heteroatoms. The van der Waals surface area contributed by atoms with Gasteiger partial charge in [0, 0.05) is 25.9 Å². The van der Waals surface area contributed by atoms with Crippen LogP contribution in [0.25, 0.3) is 0 Å². The predicted molar refractivity (Wildman–Crippen MR) is 71.6 cm³/mol. The molecule has 1 N–H and O–H groups in total. The number of carbonyl (C=O) groups is 2. The van der Waals surface area contributed by atoms with Gasteiger partial charge in [-0.05, 0) is 25.2 Å².